The molecule has 0 unspecified atom stereocenters. The van der Waals surface area contributed by atoms with Crippen molar-refractivity contribution in [2.24, 2.45) is 0 Å². The van der Waals surface area contributed by atoms with Gasteiger partial charge in [-0.15, -0.1) is 0 Å². The van der Waals surface area contributed by atoms with Crippen molar-refractivity contribution in [1.29, 1.82) is 0 Å². The molecule has 0 saturated carbocycles. The van der Waals surface area contributed by atoms with Gasteiger partial charge in [-0.05, 0) is 25.5 Å². The molecule has 0 bridgehead atoms. The zero-order valence-corrected chi connectivity index (χ0v) is 11.8. The number of ether oxygens (including phenoxy) is 1. The van der Waals surface area contributed by atoms with Crippen molar-refractivity contribution in [1.82, 2.24) is 10.0 Å². The first-order chi connectivity index (χ1) is 8.75. The lowest BCUT2D eigenvalue weighted by Gasteiger charge is -2.18. The first kappa shape index (κ1) is 13.7. The van der Waals surface area contributed by atoms with Crippen molar-refractivity contribution in [3.63, 3.8) is 0 Å². The lowest BCUT2D eigenvalue weighted by Crippen LogP contribution is -2.37. The average molecular weight is 284 g/mol. The predicted molar refractivity (Wildman–Crippen MR) is 69.6 cm³/mol. The molecule has 1 heterocycles. The van der Waals surface area contributed by atoms with Crippen molar-refractivity contribution in [3.05, 3.63) is 23.8 Å². The van der Waals surface area contributed by atoms with Crippen LogP contribution in [0.25, 0.3) is 0 Å². The highest BCUT2D eigenvalue weighted by Crippen LogP contribution is 2.39. The number of benzene rings is 1. The maximum atomic E-state index is 12.1. The molecule has 0 spiro atoms. The standard InChI is InChI=1S/C12H16N2O4S/c1-12(2)7-8-5-4-6-9(10(8)18-12)19(16,17)14-11(15)13-3/h4-6H,7H2,1-3H3,(H2,13,14,15). The van der Waals surface area contributed by atoms with E-state index in [1.807, 2.05) is 24.6 Å². The molecule has 1 aliphatic heterocycles. The van der Waals surface area contributed by atoms with Gasteiger partial charge in [-0.3, -0.25) is 0 Å². The molecule has 0 atom stereocenters. The van der Waals surface area contributed by atoms with Gasteiger partial charge in [-0.1, -0.05) is 12.1 Å². The molecule has 1 aliphatic rings. The SMILES string of the molecule is CNC(=O)NS(=O)(=O)c1cccc2c1OC(C)(C)C2. The Labute approximate surface area is 112 Å². The molecule has 1 aromatic rings. The number of amides is 2. The van der Waals surface area contributed by atoms with Gasteiger partial charge in [0.25, 0.3) is 10.0 Å². The van der Waals surface area contributed by atoms with E-state index in [2.05, 4.69) is 5.32 Å². The molecular weight excluding hydrogens is 268 g/mol. The summed E-state index contributed by atoms with van der Waals surface area (Å²) in [4.78, 5) is 11.2. The molecule has 1 aromatic carbocycles. The molecule has 2 rings (SSSR count). The summed E-state index contributed by atoms with van der Waals surface area (Å²) in [6, 6.07) is 4.10. The number of carbonyl (C=O) groups is 1. The maximum Gasteiger partial charge on any atom is 0.328 e. The third-order valence-electron chi connectivity index (χ3n) is 2.80. The summed E-state index contributed by atoms with van der Waals surface area (Å²) in [5, 5.41) is 2.20. The zero-order valence-electron chi connectivity index (χ0n) is 11.0. The number of fused-ring (bicyclic) bond motifs is 1. The van der Waals surface area contributed by atoms with Crippen LogP contribution in [0.15, 0.2) is 23.1 Å². The minimum Gasteiger partial charge on any atom is -0.486 e. The van der Waals surface area contributed by atoms with Gasteiger partial charge in [0.15, 0.2) is 0 Å². The Morgan fingerprint density at radius 3 is 2.68 bits per heavy atom. The molecule has 0 aliphatic carbocycles. The molecule has 2 amide bonds. The fraction of sp³-hybridized carbons (Fsp3) is 0.417. The number of hydrogen-bond donors (Lipinski definition) is 2. The minimum absolute atomic E-state index is 0.0147. The summed E-state index contributed by atoms with van der Waals surface area (Å²) >= 11 is 0. The van der Waals surface area contributed by atoms with E-state index < -0.39 is 21.7 Å². The van der Waals surface area contributed by atoms with Gasteiger partial charge in [-0.2, -0.15) is 0 Å². The Morgan fingerprint density at radius 2 is 2.05 bits per heavy atom. The lowest BCUT2D eigenvalue weighted by molar-refractivity contribution is 0.135. The second-order valence-electron chi connectivity index (χ2n) is 4.97. The zero-order chi connectivity index (χ0) is 14.3. The summed E-state index contributed by atoms with van der Waals surface area (Å²) in [7, 11) is -2.59. The second-order valence-corrected chi connectivity index (χ2v) is 6.62. The number of sulfonamides is 1. The van der Waals surface area contributed by atoms with Gasteiger partial charge >= 0.3 is 6.03 Å². The molecule has 0 aromatic heterocycles. The van der Waals surface area contributed by atoms with E-state index in [4.69, 9.17) is 4.74 Å². The monoisotopic (exact) mass is 284 g/mol. The van der Waals surface area contributed by atoms with Gasteiger partial charge < -0.3 is 10.1 Å². The van der Waals surface area contributed by atoms with Crippen molar-refractivity contribution < 1.29 is 17.9 Å². The Balaban J connectivity index is 2.44. The fourth-order valence-corrected chi connectivity index (χ4v) is 3.16. The van der Waals surface area contributed by atoms with Crippen LogP contribution in [0, 0.1) is 0 Å². The molecule has 19 heavy (non-hydrogen) atoms. The van der Waals surface area contributed by atoms with Gasteiger partial charge in [0, 0.05) is 13.5 Å². The Morgan fingerprint density at radius 1 is 1.37 bits per heavy atom. The lowest BCUT2D eigenvalue weighted by atomic mass is 10.0. The number of hydrogen-bond acceptors (Lipinski definition) is 4. The number of carbonyl (C=O) groups excluding carboxylic acids is 1. The predicted octanol–water partition coefficient (Wildman–Crippen LogP) is 1.02. The van der Waals surface area contributed by atoms with Gasteiger partial charge in [-0.25, -0.2) is 17.9 Å². The van der Waals surface area contributed by atoms with Crippen molar-refractivity contribution in [2.45, 2.75) is 30.8 Å². The quantitative estimate of drug-likeness (QED) is 0.849. The highest BCUT2D eigenvalue weighted by atomic mass is 32.2. The highest BCUT2D eigenvalue weighted by Gasteiger charge is 2.35. The summed E-state index contributed by atoms with van der Waals surface area (Å²) in [6.07, 6.45) is 0.631. The van der Waals surface area contributed by atoms with E-state index in [0.717, 1.165) is 5.56 Å². The smallest absolute Gasteiger partial charge is 0.328 e. The summed E-state index contributed by atoms with van der Waals surface area (Å²) in [5.74, 6) is 0.323. The van der Waals surface area contributed by atoms with Crippen molar-refractivity contribution >= 4 is 16.1 Å². The van der Waals surface area contributed by atoms with E-state index in [-0.39, 0.29) is 4.90 Å². The van der Waals surface area contributed by atoms with Crippen LogP contribution >= 0.6 is 0 Å². The summed E-state index contributed by atoms with van der Waals surface area (Å²) < 4.78 is 31.8. The number of rotatable bonds is 2. The largest absolute Gasteiger partial charge is 0.486 e. The van der Waals surface area contributed by atoms with E-state index in [1.54, 1.807) is 6.07 Å². The number of urea groups is 1. The van der Waals surface area contributed by atoms with Crippen molar-refractivity contribution in [3.8, 4) is 5.75 Å². The van der Waals surface area contributed by atoms with Crippen LogP contribution < -0.4 is 14.8 Å². The van der Waals surface area contributed by atoms with Crippen molar-refractivity contribution in [2.75, 3.05) is 7.05 Å². The van der Waals surface area contributed by atoms with Crippen LogP contribution in [0.5, 0.6) is 5.75 Å². The van der Waals surface area contributed by atoms with Crippen LogP contribution in [0.1, 0.15) is 19.4 Å². The van der Waals surface area contributed by atoms with Gasteiger partial charge in [0.1, 0.15) is 16.2 Å². The Bertz CT molecular complexity index is 623. The molecule has 0 radical (unpaired) electrons. The Kier molecular flexibility index (Phi) is 3.17. The van der Waals surface area contributed by atoms with E-state index in [9.17, 15) is 13.2 Å². The fourth-order valence-electron chi connectivity index (χ4n) is 2.03. The molecule has 0 fully saturated rings. The van der Waals surface area contributed by atoms with E-state index in [1.165, 1.54) is 13.1 Å². The third kappa shape index (κ3) is 2.65. The normalized spacial score (nSPS) is 16.4. The number of nitrogens with one attached hydrogen (secondary N) is 2. The average Bonchev–Trinajstić information content (AvgIpc) is 2.61. The first-order valence-electron chi connectivity index (χ1n) is 5.81. The van der Waals surface area contributed by atoms with Crippen LogP contribution in [-0.2, 0) is 16.4 Å². The van der Waals surface area contributed by atoms with Crippen LogP contribution in [0.3, 0.4) is 0 Å². The summed E-state index contributed by atoms with van der Waals surface area (Å²) in [6.45, 7) is 3.77. The highest BCUT2D eigenvalue weighted by molar-refractivity contribution is 7.90. The van der Waals surface area contributed by atoms with E-state index in [0.29, 0.717) is 12.2 Å². The van der Waals surface area contributed by atoms with Gasteiger partial charge in [0.05, 0.1) is 0 Å². The molecule has 0 saturated heterocycles. The topological polar surface area (TPSA) is 84.5 Å². The first-order valence-corrected chi connectivity index (χ1v) is 7.29. The Hall–Kier alpha value is -1.76. The maximum absolute atomic E-state index is 12.1. The summed E-state index contributed by atoms with van der Waals surface area (Å²) in [5.41, 5.74) is 0.380. The molecule has 6 nitrogen and oxygen atoms in total. The van der Waals surface area contributed by atoms with Gasteiger partial charge in [0.2, 0.25) is 0 Å². The second kappa shape index (κ2) is 4.41. The van der Waals surface area contributed by atoms with Crippen LogP contribution in [-0.4, -0.2) is 27.1 Å². The van der Waals surface area contributed by atoms with Crippen LogP contribution in [0.4, 0.5) is 4.79 Å². The molecule has 104 valence electrons. The molecule has 7 heteroatoms. The minimum atomic E-state index is -3.93. The molecule has 2 N–H and O–H groups in total. The van der Waals surface area contributed by atoms with E-state index >= 15 is 0 Å². The van der Waals surface area contributed by atoms with Crippen LogP contribution in [0.2, 0.25) is 0 Å². The molecular formula is C12H16N2O4S. The number of para-hydroxylation sites is 1. The third-order valence-corrected chi connectivity index (χ3v) is 4.15.